The molecule has 3 aromatic carbocycles. The van der Waals surface area contributed by atoms with Crippen LogP contribution in [0.5, 0.6) is 0 Å². The molecule has 0 spiro atoms. The van der Waals surface area contributed by atoms with Gasteiger partial charge in [-0.2, -0.15) is 0 Å². The van der Waals surface area contributed by atoms with Gasteiger partial charge >= 0.3 is 0 Å². The second-order valence-corrected chi connectivity index (χ2v) is 5.67. The molecule has 0 atom stereocenters. The van der Waals surface area contributed by atoms with Crippen molar-refractivity contribution in [2.45, 2.75) is 0 Å². The molecule has 0 fully saturated rings. The van der Waals surface area contributed by atoms with Crippen LogP contribution in [-0.4, -0.2) is 0 Å². The summed E-state index contributed by atoms with van der Waals surface area (Å²) in [6, 6.07) is 17.4. The molecule has 0 saturated carbocycles. The Morgan fingerprint density at radius 1 is 0.762 bits per heavy atom. The van der Waals surface area contributed by atoms with E-state index < -0.39 is 0 Å². The summed E-state index contributed by atoms with van der Waals surface area (Å²) >= 11 is 0. The number of hydrogen-bond acceptors (Lipinski definition) is 1. The van der Waals surface area contributed by atoms with Crippen molar-refractivity contribution in [2.24, 2.45) is 5.73 Å². The van der Waals surface area contributed by atoms with Crippen LogP contribution in [0, 0.1) is 10.4 Å². The SMILES string of the molecule is NC1=CC=c2ccc3c(c21)C=c1ccc2ccccc2c1=3. The quantitative estimate of drug-likeness (QED) is 0.520. The number of rotatable bonds is 0. The molecule has 0 saturated heterocycles. The molecular formula is C20H13N. The van der Waals surface area contributed by atoms with Crippen molar-refractivity contribution in [2.75, 3.05) is 0 Å². The summed E-state index contributed by atoms with van der Waals surface area (Å²) in [6.07, 6.45) is 6.37. The van der Waals surface area contributed by atoms with E-state index in [1.54, 1.807) is 0 Å². The molecule has 0 amide bonds. The molecule has 2 N–H and O–H groups in total. The van der Waals surface area contributed by atoms with Gasteiger partial charge in [0, 0.05) is 11.3 Å². The van der Waals surface area contributed by atoms with Crippen LogP contribution in [0.3, 0.4) is 0 Å². The van der Waals surface area contributed by atoms with Crippen molar-refractivity contribution in [1.82, 2.24) is 0 Å². The van der Waals surface area contributed by atoms with Gasteiger partial charge in [0.15, 0.2) is 0 Å². The Morgan fingerprint density at radius 2 is 1.62 bits per heavy atom. The first-order valence-corrected chi connectivity index (χ1v) is 7.18. The Labute approximate surface area is 121 Å². The number of benzene rings is 3. The molecule has 1 nitrogen and oxygen atoms in total. The fourth-order valence-electron chi connectivity index (χ4n) is 3.59. The Balaban J connectivity index is 2.13. The van der Waals surface area contributed by atoms with Gasteiger partial charge in [0.05, 0.1) is 0 Å². The lowest BCUT2D eigenvalue weighted by molar-refractivity contribution is 1.43. The number of nitrogens with two attached hydrogens (primary N) is 1. The molecule has 2 aliphatic rings. The van der Waals surface area contributed by atoms with Gasteiger partial charge in [-0.05, 0) is 49.4 Å². The Morgan fingerprint density at radius 3 is 2.57 bits per heavy atom. The normalized spacial score (nSPS) is 14.0. The summed E-state index contributed by atoms with van der Waals surface area (Å²) in [5.74, 6) is 0. The molecule has 1 heteroatoms. The summed E-state index contributed by atoms with van der Waals surface area (Å²) in [5, 5.41) is 7.75. The van der Waals surface area contributed by atoms with Gasteiger partial charge in [-0.1, -0.05) is 54.6 Å². The molecule has 98 valence electrons. The van der Waals surface area contributed by atoms with Gasteiger partial charge in [0.25, 0.3) is 0 Å². The van der Waals surface area contributed by atoms with Crippen LogP contribution in [0.2, 0.25) is 0 Å². The summed E-state index contributed by atoms with van der Waals surface area (Å²) in [7, 11) is 0. The summed E-state index contributed by atoms with van der Waals surface area (Å²) < 4.78 is 0. The Kier molecular flexibility index (Phi) is 1.90. The minimum absolute atomic E-state index is 0.871. The highest BCUT2D eigenvalue weighted by molar-refractivity contribution is 5.87. The van der Waals surface area contributed by atoms with E-state index in [2.05, 4.69) is 60.7 Å². The third-order valence-corrected chi connectivity index (χ3v) is 4.54. The Hall–Kier alpha value is -2.80. The summed E-state index contributed by atoms with van der Waals surface area (Å²) in [5.41, 5.74) is 9.50. The minimum Gasteiger partial charge on any atom is -0.398 e. The lowest BCUT2D eigenvalue weighted by atomic mass is 10.0. The topological polar surface area (TPSA) is 26.0 Å². The molecule has 2 aliphatic carbocycles. The summed E-state index contributed by atoms with van der Waals surface area (Å²) in [4.78, 5) is 0. The van der Waals surface area contributed by atoms with Gasteiger partial charge < -0.3 is 5.73 Å². The van der Waals surface area contributed by atoms with Crippen molar-refractivity contribution >= 4 is 28.6 Å². The van der Waals surface area contributed by atoms with E-state index in [-0.39, 0.29) is 0 Å². The van der Waals surface area contributed by atoms with Crippen molar-refractivity contribution in [3.05, 3.63) is 86.6 Å². The van der Waals surface area contributed by atoms with E-state index in [0.717, 1.165) is 5.70 Å². The van der Waals surface area contributed by atoms with Crippen molar-refractivity contribution in [3.8, 4) is 0 Å². The predicted molar refractivity (Wildman–Crippen MR) is 87.5 cm³/mol. The molecule has 0 heterocycles. The van der Waals surface area contributed by atoms with Crippen LogP contribution in [0.1, 0.15) is 11.1 Å². The van der Waals surface area contributed by atoms with Crippen LogP contribution < -0.4 is 16.2 Å². The van der Waals surface area contributed by atoms with Crippen LogP contribution in [-0.2, 0) is 0 Å². The lowest BCUT2D eigenvalue weighted by Crippen LogP contribution is -2.09. The van der Waals surface area contributed by atoms with E-state index >= 15 is 0 Å². The first kappa shape index (κ1) is 10.9. The van der Waals surface area contributed by atoms with Crippen molar-refractivity contribution in [3.63, 3.8) is 0 Å². The van der Waals surface area contributed by atoms with Gasteiger partial charge in [0.2, 0.25) is 0 Å². The predicted octanol–water partition coefficient (Wildman–Crippen LogP) is 2.36. The van der Waals surface area contributed by atoms with E-state index in [4.69, 9.17) is 5.73 Å². The molecule has 0 aromatic heterocycles. The smallest absolute Gasteiger partial charge is 0.0400 e. The minimum atomic E-state index is 0.871. The van der Waals surface area contributed by atoms with Crippen LogP contribution in [0.25, 0.3) is 28.6 Å². The third-order valence-electron chi connectivity index (χ3n) is 4.54. The molecule has 5 rings (SSSR count). The summed E-state index contributed by atoms with van der Waals surface area (Å²) in [6.45, 7) is 0. The highest BCUT2D eigenvalue weighted by Gasteiger charge is 2.14. The molecule has 3 aromatic rings. The Bertz CT molecular complexity index is 1180. The highest BCUT2D eigenvalue weighted by atomic mass is 14.6. The van der Waals surface area contributed by atoms with Crippen LogP contribution >= 0.6 is 0 Å². The molecular weight excluding hydrogens is 254 g/mol. The van der Waals surface area contributed by atoms with Crippen molar-refractivity contribution < 1.29 is 0 Å². The largest absolute Gasteiger partial charge is 0.398 e. The number of hydrogen-bond donors (Lipinski definition) is 1. The fourth-order valence-corrected chi connectivity index (χ4v) is 3.59. The first-order valence-electron chi connectivity index (χ1n) is 7.18. The van der Waals surface area contributed by atoms with Gasteiger partial charge in [-0.25, -0.2) is 0 Å². The third kappa shape index (κ3) is 1.30. The van der Waals surface area contributed by atoms with Crippen molar-refractivity contribution in [1.29, 1.82) is 0 Å². The van der Waals surface area contributed by atoms with Gasteiger partial charge in [-0.3, -0.25) is 0 Å². The molecule has 21 heavy (non-hydrogen) atoms. The second kappa shape index (κ2) is 3.64. The zero-order valence-electron chi connectivity index (χ0n) is 11.4. The van der Waals surface area contributed by atoms with E-state index in [9.17, 15) is 0 Å². The maximum atomic E-state index is 6.18. The highest BCUT2D eigenvalue weighted by Crippen LogP contribution is 2.23. The number of fused-ring (bicyclic) bond motifs is 6. The second-order valence-electron chi connectivity index (χ2n) is 5.67. The zero-order valence-corrected chi connectivity index (χ0v) is 11.4. The lowest BCUT2D eigenvalue weighted by Gasteiger charge is -2.03. The average Bonchev–Trinajstić information content (AvgIpc) is 3.07. The fraction of sp³-hybridized carbons (Fsp3) is 0. The monoisotopic (exact) mass is 267 g/mol. The number of allylic oxidation sites excluding steroid dienone is 1. The van der Waals surface area contributed by atoms with E-state index in [1.165, 1.54) is 42.8 Å². The van der Waals surface area contributed by atoms with Gasteiger partial charge in [-0.15, -0.1) is 0 Å². The van der Waals surface area contributed by atoms with E-state index in [0.29, 0.717) is 0 Å². The molecule has 0 bridgehead atoms. The molecule has 0 aliphatic heterocycles. The van der Waals surface area contributed by atoms with Crippen LogP contribution in [0.15, 0.2) is 54.6 Å². The first-order chi connectivity index (χ1) is 10.3. The standard InChI is InChI=1S/C20H13N/c21-18-10-8-13-7-9-16-17(20(13)18)11-14-6-5-12-3-1-2-4-15(12)19(14)16/h1-11H,21H2. The van der Waals surface area contributed by atoms with E-state index in [1.807, 2.05) is 6.08 Å². The average molecular weight is 267 g/mol. The maximum Gasteiger partial charge on any atom is 0.0400 e. The van der Waals surface area contributed by atoms with Crippen LogP contribution in [0.4, 0.5) is 0 Å². The maximum absolute atomic E-state index is 6.18. The molecule has 0 radical (unpaired) electrons. The zero-order chi connectivity index (χ0) is 14.0. The van der Waals surface area contributed by atoms with Gasteiger partial charge in [0.1, 0.15) is 0 Å². The molecule has 0 unspecified atom stereocenters.